The van der Waals surface area contributed by atoms with Gasteiger partial charge in [0, 0.05) is 14.1 Å². The molecule has 3 aromatic rings. The van der Waals surface area contributed by atoms with E-state index in [1.807, 2.05) is 0 Å². The Hall–Kier alpha value is -4.34. The van der Waals surface area contributed by atoms with Gasteiger partial charge in [-0.2, -0.15) is 0 Å². The van der Waals surface area contributed by atoms with E-state index in [0.717, 1.165) is 0 Å². The summed E-state index contributed by atoms with van der Waals surface area (Å²) in [5.74, 6) is -1.01. The number of nitrogens with zero attached hydrogens (tertiary/aromatic N) is 2. The molecule has 2 amide bonds. The standard InChI is InChI=1S/C24H24N2O8/c1-25(13-19-5-3-11-31-19)21(27)15-33-23(29)17-7-9-18(10-8-17)24(30)34-16-22(28)26(2)14-20-6-4-12-32-20/h3-12H,13-16H2,1-2H3. The lowest BCUT2D eigenvalue weighted by molar-refractivity contribution is -0.134. The highest BCUT2D eigenvalue weighted by atomic mass is 16.5. The van der Waals surface area contributed by atoms with Gasteiger partial charge in [0.1, 0.15) is 11.5 Å². The normalized spacial score (nSPS) is 10.4. The van der Waals surface area contributed by atoms with E-state index in [1.54, 1.807) is 38.4 Å². The highest BCUT2D eigenvalue weighted by molar-refractivity contribution is 5.94. The summed E-state index contributed by atoms with van der Waals surface area (Å²) >= 11 is 0. The number of carbonyl (C=O) groups excluding carboxylic acids is 4. The first-order chi connectivity index (χ1) is 16.3. The van der Waals surface area contributed by atoms with Gasteiger partial charge in [-0.15, -0.1) is 0 Å². The van der Waals surface area contributed by atoms with Crippen molar-refractivity contribution in [3.63, 3.8) is 0 Å². The van der Waals surface area contributed by atoms with Gasteiger partial charge in [0.25, 0.3) is 11.8 Å². The topological polar surface area (TPSA) is 120 Å². The first-order valence-electron chi connectivity index (χ1n) is 10.3. The summed E-state index contributed by atoms with van der Waals surface area (Å²) in [7, 11) is 3.14. The van der Waals surface area contributed by atoms with Crippen LogP contribution in [0.2, 0.25) is 0 Å². The van der Waals surface area contributed by atoms with E-state index in [9.17, 15) is 19.2 Å². The second kappa shape index (κ2) is 11.5. The Morgan fingerprint density at radius 2 is 1.06 bits per heavy atom. The molecule has 0 fully saturated rings. The summed E-state index contributed by atoms with van der Waals surface area (Å²) in [5.41, 5.74) is 0.319. The molecule has 0 atom stereocenters. The molecule has 34 heavy (non-hydrogen) atoms. The van der Waals surface area contributed by atoms with Crippen LogP contribution < -0.4 is 0 Å². The zero-order valence-electron chi connectivity index (χ0n) is 18.8. The number of esters is 2. The van der Waals surface area contributed by atoms with E-state index >= 15 is 0 Å². The van der Waals surface area contributed by atoms with Crippen LogP contribution in [0.1, 0.15) is 32.2 Å². The molecule has 3 rings (SSSR count). The molecule has 2 heterocycles. The first-order valence-corrected chi connectivity index (χ1v) is 10.3. The highest BCUT2D eigenvalue weighted by Crippen LogP contribution is 2.09. The lowest BCUT2D eigenvalue weighted by Crippen LogP contribution is -2.30. The van der Waals surface area contributed by atoms with Crippen LogP contribution in [-0.4, -0.2) is 60.9 Å². The average Bonchev–Trinajstić information content (AvgIpc) is 3.55. The molecule has 0 N–H and O–H groups in total. The maximum Gasteiger partial charge on any atom is 0.338 e. The summed E-state index contributed by atoms with van der Waals surface area (Å²) in [5, 5.41) is 0. The van der Waals surface area contributed by atoms with Crippen LogP contribution in [0.5, 0.6) is 0 Å². The Kier molecular flexibility index (Phi) is 8.22. The van der Waals surface area contributed by atoms with Crippen LogP contribution in [0.3, 0.4) is 0 Å². The third-order valence-electron chi connectivity index (χ3n) is 4.81. The SMILES string of the molecule is CN(Cc1ccco1)C(=O)COC(=O)c1ccc(C(=O)OCC(=O)N(C)Cc2ccco2)cc1. The Morgan fingerprint density at radius 3 is 1.38 bits per heavy atom. The van der Waals surface area contributed by atoms with Gasteiger partial charge in [0.05, 0.1) is 36.7 Å². The Labute approximate surface area is 195 Å². The Morgan fingerprint density at radius 1 is 0.676 bits per heavy atom. The summed E-state index contributed by atoms with van der Waals surface area (Å²) in [6, 6.07) is 12.4. The monoisotopic (exact) mass is 468 g/mol. The second-order valence-corrected chi connectivity index (χ2v) is 7.39. The minimum absolute atomic E-state index is 0.160. The number of furan rings is 2. The molecule has 2 aromatic heterocycles. The molecule has 0 unspecified atom stereocenters. The number of amides is 2. The fraction of sp³-hybridized carbons (Fsp3) is 0.250. The molecule has 0 saturated heterocycles. The molecule has 0 saturated carbocycles. The van der Waals surface area contributed by atoms with Crippen LogP contribution in [0.25, 0.3) is 0 Å². The third-order valence-corrected chi connectivity index (χ3v) is 4.81. The van der Waals surface area contributed by atoms with E-state index in [-0.39, 0.29) is 24.2 Å². The smallest absolute Gasteiger partial charge is 0.338 e. The fourth-order valence-corrected chi connectivity index (χ4v) is 2.83. The number of likely N-dealkylation sites (N-methyl/N-ethyl adjacent to an activating group) is 2. The molecule has 0 aliphatic carbocycles. The summed E-state index contributed by atoms with van der Waals surface area (Å²) in [6.45, 7) is -0.371. The molecule has 10 heteroatoms. The van der Waals surface area contributed by atoms with Crippen molar-refractivity contribution < 1.29 is 37.5 Å². The largest absolute Gasteiger partial charge is 0.467 e. The molecule has 0 spiro atoms. The molecule has 0 aliphatic rings. The Bertz CT molecular complexity index is 1020. The molecule has 0 radical (unpaired) electrons. The van der Waals surface area contributed by atoms with Crippen LogP contribution in [-0.2, 0) is 32.2 Å². The maximum absolute atomic E-state index is 12.2. The molecular weight excluding hydrogens is 444 g/mol. The van der Waals surface area contributed by atoms with E-state index in [0.29, 0.717) is 11.5 Å². The highest BCUT2D eigenvalue weighted by Gasteiger charge is 2.17. The average molecular weight is 468 g/mol. The van der Waals surface area contributed by atoms with Gasteiger partial charge in [-0.05, 0) is 48.5 Å². The predicted octanol–water partition coefficient (Wildman–Crippen LogP) is 2.50. The summed E-state index contributed by atoms with van der Waals surface area (Å²) in [6.07, 6.45) is 3.01. The van der Waals surface area contributed by atoms with Crippen molar-refractivity contribution in [2.75, 3.05) is 27.3 Å². The quantitative estimate of drug-likeness (QED) is 0.416. The van der Waals surface area contributed by atoms with Gasteiger partial charge in [0.15, 0.2) is 13.2 Å². The van der Waals surface area contributed by atoms with E-state index in [4.69, 9.17) is 18.3 Å². The van der Waals surface area contributed by atoms with Crippen LogP contribution in [0, 0.1) is 0 Å². The number of benzene rings is 1. The van der Waals surface area contributed by atoms with Crippen LogP contribution >= 0.6 is 0 Å². The zero-order chi connectivity index (χ0) is 24.5. The number of hydrogen-bond donors (Lipinski definition) is 0. The number of hydrogen-bond acceptors (Lipinski definition) is 8. The van der Waals surface area contributed by atoms with Gasteiger partial charge in [-0.25, -0.2) is 9.59 Å². The van der Waals surface area contributed by atoms with Gasteiger partial charge in [0.2, 0.25) is 0 Å². The molecule has 0 bridgehead atoms. The van der Waals surface area contributed by atoms with Crippen LogP contribution in [0.15, 0.2) is 69.9 Å². The van der Waals surface area contributed by atoms with Crippen molar-refractivity contribution in [2.24, 2.45) is 0 Å². The maximum atomic E-state index is 12.2. The fourth-order valence-electron chi connectivity index (χ4n) is 2.83. The number of ether oxygens (including phenoxy) is 2. The van der Waals surface area contributed by atoms with Gasteiger partial charge < -0.3 is 28.1 Å². The van der Waals surface area contributed by atoms with Gasteiger partial charge >= 0.3 is 11.9 Å². The van der Waals surface area contributed by atoms with Crippen molar-refractivity contribution in [2.45, 2.75) is 13.1 Å². The zero-order valence-corrected chi connectivity index (χ0v) is 18.8. The third kappa shape index (κ3) is 6.83. The lowest BCUT2D eigenvalue weighted by Gasteiger charge is -2.16. The van der Waals surface area contributed by atoms with Crippen LogP contribution in [0.4, 0.5) is 0 Å². The van der Waals surface area contributed by atoms with Gasteiger partial charge in [-0.1, -0.05) is 0 Å². The number of carbonyl (C=O) groups is 4. The number of rotatable bonds is 10. The Balaban J connectivity index is 1.43. The predicted molar refractivity (Wildman–Crippen MR) is 117 cm³/mol. The minimum Gasteiger partial charge on any atom is -0.467 e. The molecule has 0 aliphatic heterocycles. The van der Waals surface area contributed by atoms with Crippen molar-refractivity contribution in [1.29, 1.82) is 0 Å². The van der Waals surface area contributed by atoms with Gasteiger partial charge in [-0.3, -0.25) is 9.59 Å². The minimum atomic E-state index is -0.714. The van der Waals surface area contributed by atoms with E-state index in [2.05, 4.69) is 0 Å². The summed E-state index contributed by atoms with van der Waals surface area (Å²) in [4.78, 5) is 51.4. The molecule has 178 valence electrons. The summed E-state index contributed by atoms with van der Waals surface area (Å²) < 4.78 is 20.4. The first kappa shape index (κ1) is 24.3. The van der Waals surface area contributed by atoms with Crippen molar-refractivity contribution >= 4 is 23.8 Å². The van der Waals surface area contributed by atoms with Crippen molar-refractivity contribution in [1.82, 2.24) is 9.80 Å². The second-order valence-electron chi connectivity index (χ2n) is 7.39. The molecule has 10 nitrogen and oxygen atoms in total. The molecular formula is C24H24N2O8. The lowest BCUT2D eigenvalue weighted by atomic mass is 10.1. The van der Waals surface area contributed by atoms with Crippen molar-refractivity contribution in [3.8, 4) is 0 Å². The molecule has 1 aromatic carbocycles. The van der Waals surface area contributed by atoms with E-state index in [1.165, 1.54) is 46.6 Å². The van der Waals surface area contributed by atoms with E-state index < -0.39 is 37.0 Å². The van der Waals surface area contributed by atoms with Crippen molar-refractivity contribution in [3.05, 3.63) is 83.7 Å².